The number of carboxylic acids is 1. The van der Waals surface area contributed by atoms with Gasteiger partial charge in [0.15, 0.2) is 0 Å². The molecule has 94 valence electrons. The summed E-state index contributed by atoms with van der Waals surface area (Å²) in [5, 5.41) is 8.75. The van der Waals surface area contributed by atoms with E-state index in [-0.39, 0.29) is 17.1 Å². The first kappa shape index (κ1) is 13.3. The lowest BCUT2D eigenvalue weighted by Gasteiger charge is -2.20. The Labute approximate surface area is 95.7 Å². The predicted octanol–water partition coefficient (Wildman–Crippen LogP) is 2.09. The third kappa shape index (κ3) is 3.61. The second-order valence-corrected chi connectivity index (χ2v) is 3.58. The van der Waals surface area contributed by atoms with Gasteiger partial charge in [-0.15, -0.1) is 0 Å². The maximum absolute atomic E-state index is 12.1. The van der Waals surface area contributed by atoms with Crippen LogP contribution >= 0.6 is 0 Å². The van der Waals surface area contributed by atoms with Crippen molar-refractivity contribution in [1.29, 1.82) is 0 Å². The highest BCUT2D eigenvalue weighted by Crippen LogP contribution is 2.20. The molecule has 0 fully saturated rings. The summed E-state index contributed by atoms with van der Waals surface area (Å²) in [7, 11) is 1.25. The van der Waals surface area contributed by atoms with E-state index in [1.807, 2.05) is 0 Å². The molecule has 4 nitrogen and oxygen atoms in total. The van der Waals surface area contributed by atoms with Crippen LogP contribution in [0.1, 0.15) is 16.1 Å². The van der Waals surface area contributed by atoms with Crippen LogP contribution in [0.15, 0.2) is 12.1 Å². The van der Waals surface area contributed by atoms with E-state index in [2.05, 4.69) is 4.98 Å². The lowest BCUT2D eigenvalue weighted by molar-refractivity contribution is -0.119. The summed E-state index contributed by atoms with van der Waals surface area (Å²) in [5.74, 6) is -1.06. The van der Waals surface area contributed by atoms with Gasteiger partial charge in [-0.3, -0.25) is 0 Å². The predicted molar refractivity (Wildman–Crippen MR) is 55.3 cm³/mol. The minimum atomic E-state index is -4.32. The molecule has 0 aliphatic heterocycles. The van der Waals surface area contributed by atoms with Crippen molar-refractivity contribution < 1.29 is 23.1 Å². The highest BCUT2D eigenvalue weighted by atomic mass is 19.4. The van der Waals surface area contributed by atoms with Crippen LogP contribution < -0.4 is 4.90 Å². The van der Waals surface area contributed by atoms with Gasteiger partial charge in [0, 0.05) is 7.05 Å². The van der Waals surface area contributed by atoms with E-state index in [1.165, 1.54) is 26.1 Å². The lowest BCUT2D eigenvalue weighted by Crippen LogP contribution is -2.31. The van der Waals surface area contributed by atoms with Crippen molar-refractivity contribution in [3.05, 3.63) is 23.4 Å². The maximum Gasteiger partial charge on any atom is 0.405 e. The van der Waals surface area contributed by atoms with Gasteiger partial charge >= 0.3 is 12.1 Å². The van der Waals surface area contributed by atoms with Crippen LogP contribution in [0.5, 0.6) is 0 Å². The highest BCUT2D eigenvalue weighted by molar-refractivity contribution is 5.89. The Bertz CT molecular complexity index is 432. The molecule has 0 aromatic carbocycles. The number of aromatic nitrogens is 1. The van der Waals surface area contributed by atoms with Crippen LogP contribution in [-0.4, -0.2) is 35.8 Å². The van der Waals surface area contributed by atoms with Crippen molar-refractivity contribution in [2.45, 2.75) is 13.1 Å². The number of pyridine rings is 1. The molecular weight excluding hydrogens is 237 g/mol. The van der Waals surface area contributed by atoms with Crippen molar-refractivity contribution in [3.8, 4) is 0 Å². The van der Waals surface area contributed by atoms with Gasteiger partial charge in [0.05, 0.1) is 11.3 Å². The van der Waals surface area contributed by atoms with Crippen molar-refractivity contribution in [3.63, 3.8) is 0 Å². The van der Waals surface area contributed by atoms with Crippen LogP contribution in [-0.2, 0) is 0 Å². The third-order valence-electron chi connectivity index (χ3n) is 2.11. The molecule has 0 spiro atoms. The molecule has 0 saturated heterocycles. The van der Waals surface area contributed by atoms with Gasteiger partial charge in [0.2, 0.25) is 0 Å². The van der Waals surface area contributed by atoms with E-state index >= 15 is 0 Å². The summed E-state index contributed by atoms with van der Waals surface area (Å²) >= 11 is 0. The Balaban J connectivity index is 2.94. The van der Waals surface area contributed by atoms with Crippen molar-refractivity contribution in [2.75, 3.05) is 18.5 Å². The number of nitrogens with zero attached hydrogens (tertiary/aromatic N) is 2. The molecule has 1 N–H and O–H groups in total. The normalized spacial score (nSPS) is 11.4. The summed E-state index contributed by atoms with van der Waals surface area (Å²) in [6, 6.07) is 2.50. The van der Waals surface area contributed by atoms with Crippen molar-refractivity contribution >= 4 is 11.8 Å². The number of carbonyl (C=O) groups is 1. The standard InChI is InChI=1S/C10H11F3N2O2/c1-6-7(9(16)17)3-4-8(14-6)15(2)5-10(11,12)13/h3-4H,5H2,1-2H3,(H,16,17). The zero-order valence-electron chi connectivity index (χ0n) is 9.25. The minimum absolute atomic E-state index is 0.0193. The number of carboxylic acid groups (broad SMARTS) is 1. The number of aromatic carboxylic acids is 1. The summed E-state index contributed by atoms with van der Waals surface area (Å²) in [6.07, 6.45) is -4.32. The average molecular weight is 248 g/mol. The maximum atomic E-state index is 12.1. The second-order valence-electron chi connectivity index (χ2n) is 3.58. The SMILES string of the molecule is Cc1nc(N(C)CC(F)(F)F)ccc1C(=O)O. The monoisotopic (exact) mass is 248 g/mol. The fourth-order valence-electron chi connectivity index (χ4n) is 1.34. The van der Waals surface area contributed by atoms with E-state index in [1.54, 1.807) is 0 Å². The van der Waals surface area contributed by atoms with Crippen LogP contribution in [0.2, 0.25) is 0 Å². The molecule has 1 heterocycles. The quantitative estimate of drug-likeness (QED) is 0.889. The molecular formula is C10H11F3N2O2. The summed E-state index contributed by atoms with van der Waals surface area (Å²) < 4.78 is 36.4. The molecule has 0 aliphatic carbocycles. The number of halogens is 3. The fourth-order valence-corrected chi connectivity index (χ4v) is 1.34. The molecule has 0 saturated carbocycles. The number of alkyl halides is 3. The number of hydrogen-bond acceptors (Lipinski definition) is 3. The molecule has 1 rings (SSSR count). The lowest BCUT2D eigenvalue weighted by atomic mass is 10.2. The van der Waals surface area contributed by atoms with Crippen LogP contribution in [0.25, 0.3) is 0 Å². The highest BCUT2D eigenvalue weighted by Gasteiger charge is 2.29. The van der Waals surface area contributed by atoms with Crippen LogP contribution in [0.4, 0.5) is 19.0 Å². The molecule has 0 radical (unpaired) electrons. The summed E-state index contributed by atoms with van der Waals surface area (Å²) in [5.41, 5.74) is 0.165. The number of hydrogen-bond donors (Lipinski definition) is 1. The Morgan fingerprint density at radius 2 is 2.06 bits per heavy atom. The van der Waals surface area contributed by atoms with Gasteiger partial charge in [-0.05, 0) is 19.1 Å². The smallest absolute Gasteiger partial charge is 0.405 e. The molecule has 0 bridgehead atoms. The minimum Gasteiger partial charge on any atom is -0.478 e. The number of anilines is 1. The molecule has 17 heavy (non-hydrogen) atoms. The van der Waals surface area contributed by atoms with Gasteiger partial charge in [-0.25, -0.2) is 9.78 Å². The Morgan fingerprint density at radius 3 is 2.47 bits per heavy atom. The van der Waals surface area contributed by atoms with Gasteiger partial charge < -0.3 is 10.0 Å². The number of aryl methyl sites for hydroxylation is 1. The van der Waals surface area contributed by atoms with E-state index < -0.39 is 18.7 Å². The van der Waals surface area contributed by atoms with E-state index in [0.29, 0.717) is 0 Å². The largest absolute Gasteiger partial charge is 0.478 e. The first-order chi connectivity index (χ1) is 7.70. The van der Waals surface area contributed by atoms with E-state index in [0.717, 1.165) is 4.90 Å². The van der Waals surface area contributed by atoms with Crippen molar-refractivity contribution in [2.24, 2.45) is 0 Å². The van der Waals surface area contributed by atoms with E-state index in [9.17, 15) is 18.0 Å². The Kier molecular flexibility index (Phi) is 3.59. The number of rotatable bonds is 3. The van der Waals surface area contributed by atoms with Crippen LogP contribution in [0, 0.1) is 6.92 Å². The zero-order valence-corrected chi connectivity index (χ0v) is 9.25. The Hall–Kier alpha value is -1.79. The van der Waals surface area contributed by atoms with Gasteiger partial charge in [0.1, 0.15) is 12.4 Å². The first-order valence-electron chi connectivity index (χ1n) is 4.69. The average Bonchev–Trinajstić information content (AvgIpc) is 2.14. The van der Waals surface area contributed by atoms with Gasteiger partial charge in [-0.2, -0.15) is 13.2 Å². The zero-order chi connectivity index (χ0) is 13.2. The molecule has 1 aromatic heterocycles. The summed E-state index contributed by atoms with van der Waals surface area (Å²) in [4.78, 5) is 15.4. The second kappa shape index (κ2) is 4.60. The fraction of sp³-hybridized carbons (Fsp3) is 0.400. The third-order valence-corrected chi connectivity index (χ3v) is 2.11. The van der Waals surface area contributed by atoms with Gasteiger partial charge in [0.25, 0.3) is 0 Å². The topological polar surface area (TPSA) is 53.4 Å². The molecule has 7 heteroatoms. The first-order valence-corrected chi connectivity index (χ1v) is 4.69. The van der Waals surface area contributed by atoms with Crippen molar-refractivity contribution in [1.82, 2.24) is 4.98 Å². The van der Waals surface area contributed by atoms with Crippen LogP contribution in [0.3, 0.4) is 0 Å². The molecule has 1 aromatic rings. The molecule has 0 aliphatic rings. The van der Waals surface area contributed by atoms with Gasteiger partial charge in [-0.1, -0.05) is 0 Å². The molecule has 0 amide bonds. The Morgan fingerprint density at radius 1 is 1.47 bits per heavy atom. The van der Waals surface area contributed by atoms with E-state index in [4.69, 9.17) is 5.11 Å². The molecule has 0 atom stereocenters. The summed E-state index contributed by atoms with van der Waals surface area (Å²) in [6.45, 7) is 0.306. The molecule has 0 unspecified atom stereocenters.